The van der Waals surface area contributed by atoms with Crippen molar-refractivity contribution in [3.05, 3.63) is 53.3 Å². The first kappa shape index (κ1) is 22.4. The number of benzene rings is 1. The zero-order chi connectivity index (χ0) is 21.8. The zero-order valence-electron chi connectivity index (χ0n) is 17.1. The fraction of sp³-hybridized carbons (Fsp3) is 0.350. The molecule has 2 aromatic rings. The van der Waals surface area contributed by atoms with E-state index >= 15 is 0 Å². The molecule has 1 aromatic carbocycles. The normalized spacial score (nSPS) is 11.3. The van der Waals surface area contributed by atoms with Crippen molar-refractivity contribution in [1.82, 2.24) is 0 Å². The number of anilines is 1. The Kier molecular flexibility index (Phi) is 6.97. The van der Waals surface area contributed by atoms with Gasteiger partial charge < -0.3 is 16.8 Å². The van der Waals surface area contributed by atoms with Crippen molar-refractivity contribution in [2.75, 3.05) is 5.32 Å². The van der Waals surface area contributed by atoms with Gasteiger partial charge in [0.1, 0.15) is 0 Å². The second-order valence-electron chi connectivity index (χ2n) is 7.22. The molecule has 0 spiro atoms. The Labute approximate surface area is 171 Å². The topological polar surface area (TPSA) is 132 Å². The third-order valence-corrected chi connectivity index (χ3v) is 5.68. The number of hydrogen-bond donors (Lipinski definition) is 3. The van der Waals surface area contributed by atoms with Gasteiger partial charge in [0.15, 0.2) is 17.9 Å². The van der Waals surface area contributed by atoms with Crippen molar-refractivity contribution < 1.29 is 17.8 Å². The summed E-state index contributed by atoms with van der Waals surface area (Å²) in [5, 5.41) is 2.78. The number of hydrogen-bond acceptors (Lipinski definition) is 3. The van der Waals surface area contributed by atoms with Gasteiger partial charge in [-0.15, -0.1) is 4.40 Å². The molecular formula is C20H28N5O3S+. The van der Waals surface area contributed by atoms with Crippen LogP contribution in [0, 0.1) is 13.8 Å². The maximum absolute atomic E-state index is 12.4. The molecule has 1 amide bonds. The van der Waals surface area contributed by atoms with E-state index in [-0.39, 0.29) is 10.8 Å². The van der Waals surface area contributed by atoms with E-state index in [0.717, 1.165) is 5.69 Å². The van der Waals surface area contributed by atoms with Crippen molar-refractivity contribution in [1.29, 1.82) is 0 Å². The number of nitrogens with zero attached hydrogens (tertiary/aromatic N) is 2. The molecule has 5 N–H and O–H groups in total. The summed E-state index contributed by atoms with van der Waals surface area (Å²) >= 11 is 0. The molecule has 0 radical (unpaired) electrons. The van der Waals surface area contributed by atoms with Crippen LogP contribution in [0.1, 0.15) is 43.1 Å². The summed E-state index contributed by atoms with van der Waals surface area (Å²) < 4.78 is 29.3. The molecular weight excluding hydrogens is 390 g/mol. The van der Waals surface area contributed by atoms with Crippen LogP contribution in [0.25, 0.3) is 0 Å². The molecule has 0 aliphatic rings. The van der Waals surface area contributed by atoms with Gasteiger partial charge in [0.2, 0.25) is 11.9 Å². The van der Waals surface area contributed by atoms with Gasteiger partial charge in [-0.2, -0.15) is 13.0 Å². The molecule has 0 aliphatic carbocycles. The van der Waals surface area contributed by atoms with E-state index in [4.69, 9.17) is 11.5 Å². The van der Waals surface area contributed by atoms with Crippen molar-refractivity contribution >= 4 is 27.6 Å². The van der Waals surface area contributed by atoms with E-state index in [9.17, 15) is 13.2 Å². The van der Waals surface area contributed by atoms with Crippen LogP contribution in [0.4, 0.5) is 5.69 Å². The SMILES string of the molecule is Cc1cc(C)[n+](CCC(=O)Nc2ccc(S(=O)(=O)N=C(N)N)cc2)c(C(C)C)c1. The van der Waals surface area contributed by atoms with Crippen LogP contribution >= 0.6 is 0 Å². The maximum atomic E-state index is 12.4. The lowest BCUT2D eigenvalue weighted by atomic mass is 10.1. The average molecular weight is 419 g/mol. The van der Waals surface area contributed by atoms with E-state index in [1.807, 2.05) is 6.92 Å². The number of rotatable bonds is 7. The van der Waals surface area contributed by atoms with E-state index in [1.165, 1.54) is 35.5 Å². The molecule has 0 aliphatic heterocycles. The van der Waals surface area contributed by atoms with E-state index in [2.05, 4.69) is 47.2 Å². The second kappa shape index (κ2) is 9.04. The number of aryl methyl sites for hydroxylation is 2. The summed E-state index contributed by atoms with van der Waals surface area (Å²) in [7, 11) is -3.95. The number of nitrogens with one attached hydrogen (secondary N) is 1. The highest BCUT2D eigenvalue weighted by atomic mass is 32.2. The van der Waals surface area contributed by atoms with E-state index < -0.39 is 16.0 Å². The van der Waals surface area contributed by atoms with Crippen molar-refractivity contribution in [2.24, 2.45) is 15.9 Å². The smallest absolute Gasteiger partial charge is 0.285 e. The van der Waals surface area contributed by atoms with Crippen LogP contribution in [0.5, 0.6) is 0 Å². The summed E-state index contributed by atoms with van der Waals surface area (Å²) in [5.41, 5.74) is 14.2. The van der Waals surface area contributed by atoms with Gasteiger partial charge in [-0.05, 0) is 36.8 Å². The molecule has 0 atom stereocenters. The number of sulfonamides is 1. The summed E-state index contributed by atoms with van der Waals surface area (Å²) in [6.45, 7) is 8.91. The molecule has 8 nitrogen and oxygen atoms in total. The molecule has 0 saturated carbocycles. The first-order valence-electron chi connectivity index (χ1n) is 9.26. The van der Waals surface area contributed by atoms with Gasteiger partial charge >= 0.3 is 0 Å². The minimum absolute atomic E-state index is 0.0590. The number of nitrogens with two attached hydrogens (primary N) is 2. The molecule has 2 rings (SSSR count). The Bertz CT molecular complexity index is 1020. The van der Waals surface area contributed by atoms with Gasteiger partial charge in [-0.3, -0.25) is 4.79 Å². The number of pyridine rings is 1. The summed E-state index contributed by atoms with van der Waals surface area (Å²) in [6.07, 6.45) is 0.294. The average Bonchev–Trinajstić information content (AvgIpc) is 2.59. The first-order chi connectivity index (χ1) is 13.5. The van der Waals surface area contributed by atoms with Crippen LogP contribution in [0.2, 0.25) is 0 Å². The predicted octanol–water partition coefficient (Wildman–Crippen LogP) is 1.71. The van der Waals surface area contributed by atoms with Gasteiger partial charge in [-0.1, -0.05) is 13.8 Å². The zero-order valence-corrected chi connectivity index (χ0v) is 18.0. The minimum atomic E-state index is -3.95. The highest BCUT2D eigenvalue weighted by Gasteiger charge is 2.19. The molecule has 1 heterocycles. The molecule has 1 aromatic heterocycles. The minimum Gasteiger partial charge on any atom is -0.369 e. The molecule has 9 heteroatoms. The first-order valence-corrected chi connectivity index (χ1v) is 10.7. The third kappa shape index (κ3) is 6.02. The van der Waals surface area contributed by atoms with Gasteiger partial charge in [0.05, 0.1) is 11.3 Å². The van der Waals surface area contributed by atoms with Gasteiger partial charge in [0.25, 0.3) is 10.0 Å². The van der Waals surface area contributed by atoms with Crippen LogP contribution in [0.3, 0.4) is 0 Å². The summed E-state index contributed by atoms with van der Waals surface area (Å²) in [4.78, 5) is 12.3. The van der Waals surface area contributed by atoms with Crippen LogP contribution in [-0.2, 0) is 21.4 Å². The summed E-state index contributed by atoms with van der Waals surface area (Å²) in [6, 6.07) is 9.92. The van der Waals surface area contributed by atoms with Crippen molar-refractivity contribution in [3.8, 4) is 0 Å². The highest BCUT2D eigenvalue weighted by Crippen LogP contribution is 2.17. The van der Waals surface area contributed by atoms with E-state index in [1.54, 1.807) is 0 Å². The Morgan fingerprint density at radius 1 is 1.14 bits per heavy atom. The Morgan fingerprint density at radius 3 is 2.31 bits per heavy atom. The monoisotopic (exact) mass is 418 g/mol. The molecule has 0 fully saturated rings. The molecule has 0 unspecified atom stereocenters. The Morgan fingerprint density at radius 2 is 1.76 bits per heavy atom. The molecule has 29 heavy (non-hydrogen) atoms. The number of guanidine groups is 1. The largest absolute Gasteiger partial charge is 0.369 e. The van der Waals surface area contributed by atoms with Crippen LogP contribution in [-0.4, -0.2) is 20.3 Å². The van der Waals surface area contributed by atoms with Crippen molar-refractivity contribution in [2.45, 2.75) is 51.5 Å². The lowest BCUT2D eigenvalue weighted by molar-refractivity contribution is -0.709. The van der Waals surface area contributed by atoms with E-state index in [0.29, 0.717) is 24.6 Å². The van der Waals surface area contributed by atoms with Gasteiger partial charge in [-0.25, -0.2) is 0 Å². The van der Waals surface area contributed by atoms with Crippen molar-refractivity contribution in [3.63, 3.8) is 0 Å². The number of carbonyl (C=O) groups is 1. The Balaban J connectivity index is 2.07. The lowest BCUT2D eigenvalue weighted by Gasteiger charge is -2.11. The molecule has 156 valence electrons. The number of carbonyl (C=O) groups excluding carboxylic acids is 1. The lowest BCUT2D eigenvalue weighted by Crippen LogP contribution is -2.43. The summed E-state index contributed by atoms with van der Waals surface area (Å²) in [5.74, 6) is -0.351. The van der Waals surface area contributed by atoms with Crippen LogP contribution in [0.15, 0.2) is 45.7 Å². The molecule has 0 saturated heterocycles. The third-order valence-electron chi connectivity index (χ3n) is 4.37. The van der Waals surface area contributed by atoms with Crippen LogP contribution < -0.4 is 21.4 Å². The maximum Gasteiger partial charge on any atom is 0.285 e. The fourth-order valence-electron chi connectivity index (χ4n) is 3.09. The quantitative estimate of drug-likeness (QED) is 0.358. The standard InChI is InChI=1S/C20H27N5O3S/c1-13(2)18-12-14(3)11-15(4)25(18)10-9-19(26)23-16-5-7-17(8-6-16)29(27,28)24-20(21)22/h5-8,11-13H,9-10H2,1-4H3,(H4-,21,22,23,24,26)/p+1. The molecule has 0 bridgehead atoms. The number of amides is 1. The fourth-order valence-corrected chi connectivity index (χ4v) is 3.95. The second-order valence-corrected chi connectivity index (χ2v) is 8.82. The number of aromatic nitrogens is 1. The predicted molar refractivity (Wildman–Crippen MR) is 113 cm³/mol. The highest BCUT2D eigenvalue weighted by molar-refractivity contribution is 7.90. The van der Waals surface area contributed by atoms with Gasteiger partial charge in [0, 0.05) is 30.7 Å². The Hall–Kier alpha value is -2.94.